The van der Waals surface area contributed by atoms with Crippen LogP contribution in [0.4, 0.5) is 0 Å². The van der Waals surface area contributed by atoms with E-state index < -0.39 is 0 Å². The average Bonchev–Trinajstić information content (AvgIpc) is 2.28. The van der Waals surface area contributed by atoms with Crippen LogP contribution in [0.1, 0.15) is 19.8 Å². The number of likely N-dealkylation sites (tertiary alicyclic amines) is 1. The molecule has 13 heavy (non-hydrogen) atoms. The highest BCUT2D eigenvalue weighted by Crippen LogP contribution is 2.44. The third kappa shape index (κ3) is 1.15. The molecule has 1 saturated carbocycles. The third-order valence-electron chi connectivity index (χ3n) is 3.20. The Kier molecular flexibility index (Phi) is 1.69. The van der Waals surface area contributed by atoms with Crippen molar-refractivity contribution in [2.45, 2.75) is 25.3 Å². The first-order valence-electron chi connectivity index (χ1n) is 4.60. The van der Waals surface area contributed by atoms with Crippen LogP contribution in [0.25, 0.3) is 0 Å². The Bertz CT molecular complexity index is 283. The Hall–Kier alpha value is -1.24. The maximum atomic E-state index is 11.0. The van der Waals surface area contributed by atoms with E-state index in [0.29, 0.717) is 12.5 Å². The van der Waals surface area contributed by atoms with Gasteiger partial charge >= 0.3 is 0 Å². The number of carbonyl (C=O) groups excluding carboxylic acids is 1. The second kappa shape index (κ2) is 2.63. The minimum Gasteiger partial charge on any atom is -0.349 e. The Morgan fingerprint density at radius 2 is 2.54 bits per heavy atom. The lowest BCUT2D eigenvalue weighted by Crippen LogP contribution is -2.59. The van der Waals surface area contributed by atoms with E-state index in [2.05, 4.69) is 11.5 Å². The molecule has 1 aliphatic heterocycles. The van der Waals surface area contributed by atoms with Gasteiger partial charge in [-0.2, -0.15) is 5.26 Å². The molecule has 2 aliphatic rings. The molecule has 0 aromatic rings. The van der Waals surface area contributed by atoms with E-state index in [4.69, 9.17) is 5.26 Å². The Labute approximate surface area is 77.5 Å². The van der Waals surface area contributed by atoms with Gasteiger partial charge in [0.05, 0.1) is 12.1 Å². The summed E-state index contributed by atoms with van der Waals surface area (Å²) in [5, 5.41) is 11.7. The zero-order chi connectivity index (χ0) is 9.47. The van der Waals surface area contributed by atoms with Crippen molar-refractivity contribution in [3.8, 4) is 6.19 Å². The normalized spacial score (nSPS) is 36.0. The summed E-state index contributed by atoms with van der Waals surface area (Å²) in [4.78, 5) is 12.7. The fourth-order valence-electron chi connectivity index (χ4n) is 2.47. The minimum atomic E-state index is -0.0679. The maximum Gasteiger partial charge on any atom is 0.217 e. The topological polar surface area (TPSA) is 56.1 Å². The number of rotatable bonds is 1. The number of nitrogens with one attached hydrogen (secondary N) is 1. The van der Waals surface area contributed by atoms with Crippen molar-refractivity contribution in [1.82, 2.24) is 10.2 Å². The third-order valence-corrected chi connectivity index (χ3v) is 3.20. The van der Waals surface area contributed by atoms with Crippen LogP contribution in [0.2, 0.25) is 0 Å². The average molecular weight is 179 g/mol. The van der Waals surface area contributed by atoms with Gasteiger partial charge < -0.3 is 10.2 Å². The number of nitrogens with zero attached hydrogens (tertiary/aromatic N) is 2. The van der Waals surface area contributed by atoms with Crippen LogP contribution in [-0.4, -0.2) is 29.4 Å². The van der Waals surface area contributed by atoms with E-state index in [9.17, 15) is 4.79 Å². The van der Waals surface area contributed by atoms with E-state index in [-0.39, 0.29) is 11.4 Å². The summed E-state index contributed by atoms with van der Waals surface area (Å²) in [7, 11) is 0. The molecular formula is C9H13N3O. The molecule has 1 amide bonds. The van der Waals surface area contributed by atoms with Gasteiger partial charge in [0.2, 0.25) is 5.91 Å². The predicted molar refractivity (Wildman–Crippen MR) is 46.5 cm³/mol. The molecule has 1 saturated heterocycles. The van der Waals surface area contributed by atoms with Crippen LogP contribution in [0.3, 0.4) is 0 Å². The fourth-order valence-corrected chi connectivity index (χ4v) is 2.47. The molecule has 0 bridgehead atoms. The number of hydrogen-bond acceptors (Lipinski definition) is 3. The molecule has 0 aromatic heterocycles. The van der Waals surface area contributed by atoms with Gasteiger partial charge in [-0.05, 0) is 12.8 Å². The molecule has 2 fully saturated rings. The van der Waals surface area contributed by atoms with Crippen molar-refractivity contribution < 1.29 is 4.79 Å². The largest absolute Gasteiger partial charge is 0.349 e. The van der Waals surface area contributed by atoms with Crippen LogP contribution in [0.5, 0.6) is 0 Å². The molecule has 2 atom stereocenters. The molecule has 0 radical (unpaired) electrons. The molecule has 4 nitrogen and oxygen atoms in total. The van der Waals surface area contributed by atoms with Crippen molar-refractivity contribution in [2.75, 3.05) is 13.1 Å². The van der Waals surface area contributed by atoms with E-state index in [1.165, 1.54) is 0 Å². The van der Waals surface area contributed by atoms with Crippen LogP contribution < -0.4 is 5.32 Å². The minimum absolute atomic E-state index is 0.0180. The molecule has 2 unspecified atom stereocenters. The lowest BCUT2D eigenvalue weighted by Gasteiger charge is -2.43. The van der Waals surface area contributed by atoms with Crippen molar-refractivity contribution in [3.63, 3.8) is 0 Å². The maximum absolute atomic E-state index is 11.0. The van der Waals surface area contributed by atoms with Crippen LogP contribution >= 0.6 is 0 Å². The second-order valence-corrected chi connectivity index (χ2v) is 4.05. The Morgan fingerprint density at radius 3 is 3.00 bits per heavy atom. The highest BCUT2D eigenvalue weighted by atomic mass is 16.1. The van der Waals surface area contributed by atoms with Crippen molar-refractivity contribution >= 4 is 5.91 Å². The van der Waals surface area contributed by atoms with Crippen LogP contribution in [0, 0.1) is 17.4 Å². The quantitative estimate of drug-likeness (QED) is 0.579. The van der Waals surface area contributed by atoms with E-state index in [1.54, 1.807) is 11.8 Å². The molecule has 4 heteroatoms. The van der Waals surface area contributed by atoms with Gasteiger partial charge in [-0.25, -0.2) is 0 Å². The molecule has 1 N–H and O–H groups in total. The summed E-state index contributed by atoms with van der Waals surface area (Å²) in [5.41, 5.74) is -0.0679. The lowest BCUT2D eigenvalue weighted by molar-refractivity contribution is -0.122. The Morgan fingerprint density at radius 1 is 1.77 bits per heavy atom. The highest BCUT2D eigenvalue weighted by Gasteiger charge is 2.53. The van der Waals surface area contributed by atoms with Crippen molar-refractivity contribution in [3.05, 3.63) is 0 Å². The Balaban J connectivity index is 2.08. The fraction of sp³-hybridized carbons (Fsp3) is 0.778. The summed E-state index contributed by atoms with van der Waals surface area (Å²) >= 11 is 0. The second-order valence-electron chi connectivity index (χ2n) is 4.05. The zero-order valence-electron chi connectivity index (χ0n) is 7.71. The molecule has 0 spiro atoms. The monoisotopic (exact) mass is 179 g/mol. The lowest BCUT2D eigenvalue weighted by atomic mass is 9.69. The first-order chi connectivity index (χ1) is 6.16. The highest BCUT2D eigenvalue weighted by molar-refractivity contribution is 5.74. The van der Waals surface area contributed by atoms with E-state index in [0.717, 1.165) is 19.4 Å². The first-order valence-corrected chi connectivity index (χ1v) is 4.60. The molecule has 1 heterocycles. The van der Waals surface area contributed by atoms with E-state index >= 15 is 0 Å². The zero-order valence-corrected chi connectivity index (χ0v) is 7.71. The predicted octanol–water partition coefficient (Wildman–Crippen LogP) is 0.0680. The molecule has 70 valence electrons. The molecule has 2 rings (SSSR count). The van der Waals surface area contributed by atoms with Gasteiger partial charge in [-0.15, -0.1) is 0 Å². The van der Waals surface area contributed by atoms with Crippen molar-refractivity contribution in [2.24, 2.45) is 5.92 Å². The summed E-state index contributed by atoms with van der Waals surface area (Å²) in [6, 6.07) is 0. The van der Waals surface area contributed by atoms with Gasteiger partial charge in [0.25, 0.3) is 0 Å². The number of amides is 1. The van der Waals surface area contributed by atoms with Gasteiger partial charge in [-0.3, -0.25) is 4.79 Å². The van der Waals surface area contributed by atoms with Crippen LogP contribution in [0.15, 0.2) is 0 Å². The standard InChI is InChI=1S/C9H13N3O/c1-7(13)11-9-3-2-8(9)4-12(5-9)6-10/h8H,2-5H2,1H3,(H,11,13). The molecule has 1 aliphatic carbocycles. The van der Waals surface area contributed by atoms with Gasteiger partial charge in [0.1, 0.15) is 0 Å². The SMILES string of the molecule is CC(=O)NC12CCC1CN(C#N)C2. The van der Waals surface area contributed by atoms with Crippen LogP contribution in [-0.2, 0) is 4.79 Å². The smallest absolute Gasteiger partial charge is 0.217 e. The number of nitriles is 1. The van der Waals surface area contributed by atoms with E-state index in [1.807, 2.05) is 0 Å². The summed E-state index contributed by atoms with van der Waals surface area (Å²) in [6.07, 6.45) is 4.31. The first kappa shape index (κ1) is 8.36. The molecule has 0 aromatic carbocycles. The summed E-state index contributed by atoms with van der Waals surface area (Å²) in [5.74, 6) is 0.514. The van der Waals surface area contributed by atoms with Gasteiger partial charge in [0.15, 0.2) is 6.19 Å². The number of fused-ring (bicyclic) bond motifs is 1. The number of carbonyl (C=O) groups is 1. The van der Waals surface area contributed by atoms with Gasteiger partial charge in [0, 0.05) is 19.4 Å². The van der Waals surface area contributed by atoms with Gasteiger partial charge in [-0.1, -0.05) is 0 Å². The summed E-state index contributed by atoms with van der Waals surface area (Å²) < 4.78 is 0. The van der Waals surface area contributed by atoms with Crippen molar-refractivity contribution in [1.29, 1.82) is 5.26 Å². The molecular weight excluding hydrogens is 166 g/mol. The number of hydrogen-bond donors (Lipinski definition) is 1. The summed E-state index contributed by atoms with van der Waals surface area (Å²) in [6.45, 7) is 3.06.